The molecule has 0 aliphatic rings. The zero-order valence-electron chi connectivity index (χ0n) is 12.7. The van der Waals surface area contributed by atoms with Crippen LogP contribution in [0.2, 0.25) is 0 Å². The van der Waals surface area contributed by atoms with Crippen molar-refractivity contribution in [2.75, 3.05) is 6.54 Å². The van der Waals surface area contributed by atoms with E-state index in [0.717, 1.165) is 0 Å². The number of nitrogens with zero attached hydrogens (tertiary/aromatic N) is 2. The largest absolute Gasteiger partial charge is 0.390 e. The second kappa shape index (κ2) is 6.73. The summed E-state index contributed by atoms with van der Waals surface area (Å²) in [6, 6.07) is 16.9. The molecule has 4 nitrogen and oxygen atoms in total. The van der Waals surface area contributed by atoms with Gasteiger partial charge in [0, 0.05) is 25.0 Å². The molecule has 114 valence electrons. The third-order valence-electron chi connectivity index (χ3n) is 3.89. The van der Waals surface area contributed by atoms with E-state index < -0.39 is 6.10 Å². The highest BCUT2D eigenvalue weighted by Gasteiger charge is 2.10. The van der Waals surface area contributed by atoms with Crippen molar-refractivity contribution in [3.05, 3.63) is 66.5 Å². The quantitative estimate of drug-likeness (QED) is 0.735. The number of benzene rings is 2. The van der Waals surface area contributed by atoms with E-state index in [1.54, 1.807) is 10.9 Å². The van der Waals surface area contributed by atoms with E-state index in [9.17, 15) is 5.11 Å². The van der Waals surface area contributed by atoms with E-state index in [1.165, 1.54) is 16.3 Å². The molecule has 0 aliphatic carbocycles. The van der Waals surface area contributed by atoms with Gasteiger partial charge in [0.25, 0.3) is 0 Å². The molecule has 0 saturated heterocycles. The van der Waals surface area contributed by atoms with Crippen LogP contribution in [0.4, 0.5) is 0 Å². The molecular formula is C18H21N3O. The summed E-state index contributed by atoms with van der Waals surface area (Å²) in [5.41, 5.74) is 1.23. The fourth-order valence-electron chi connectivity index (χ4n) is 2.60. The second-order valence-electron chi connectivity index (χ2n) is 5.62. The first-order valence-electron chi connectivity index (χ1n) is 7.60. The van der Waals surface area contributed by atoms with Crippen LogP contribution in [0.3, 0.4) is 0 Å². The molecule has 0 saturated carbocycles. The highest BCUT2D eigenvalue weighted by Crippen LogP contribution is 2.20. The van der Waals surface area contributed by atoms with Gasteiger partial charge >= 0.3 is 0 Å². The van der Waals surface area contributed by atoms with Gasteiger partial charge in [-0.3, -0.25) is 4.68 Å². The topological polar surface area (TPSA) is 50.1 Å². The van der Waals surface area contributed by atoms with Crippen molar-refractivity contribution in [3.8, 4) is 0 Å². The smallest absolute Gasteiger partial charge is 0.0860 e. The lowest BCUT2D eigenvalue weighted by Gasteiger charge is -2.18. The molecule has 0 amide bonds. The molecule has 0 fully saturated rings. The van der Waals surface area contributed by atoms with Gasteiger partial charge in [-0.2, -0.15) is 5.10 Å². The van der Waals surface area contributed by atoms with Crippen molar-refractivity contribution in [2.45, 2.75) is 25.6 Å². The predicted molar refractivity (Wildman–Crippen MR) is 88.6 cm³/mol. The number of hydrogen-bond donors (Lipinski definition) is 2. The number of rotatable bonds is 6. The van der Waals surface area contributed by atoms with Crippen molar-refractivity contribution in [1.82, 2.24) is 15.1 Å². The van der Waals surface area contributed by atoms with Gasteiger partial charge in [0.05, 0.1) is 12.6 Å². The summed E-state index contributed by atoms with van der Waals surface area (Å²) in [5, 5.41) is 20.0. The van der Waals surface area contributed by atoms with Gasteiger partial charge in [-0.15, -0.1) is 0 Å². The number of aromatic nitrogens is 2. The average molecular weight is 295 g/mol. The normalized spacial score (nSPS) is 14.1. The fraction of sp³-hybridized carbons (Fsp3) is 0.278. The van der Waals surface area contributed by atoms with E-state index in [4.69, 9.17) is 0 Å². The molecule has 0 radical (unpaired) electrons. The van der Waals surface area contributed by atoms with E-state index in [0.29, 0.717) is 13.1 Å². The van der Waals surface area contributed by atoms with Crippen LogP contribution < -0.4 is 5.32 Å². The SMILES string of the molecule is CC(NCC(O)Cn1cccn1)c1ccc2ccccc2c1. The van der Waals surface area contributed by atoms with Crippen LogP contribution in [0.15, 0.2) is 60.9 Å². The van der Waals surface area contributed by atoms with E-state index in [2.05, 4.69) is 59.8 Å². The molecule has 1 aromatic heterocycles. The minimum Gasteiger partial charge on any atom is -0.390 e. The average Bonchev–Trinajstić information content (AvgIpc) is 3.05. The summed E-state index contributed by atoms with van der Waals surface area (Å²) in [7, 11) is 0. The summed E-state index contributed by atoms with van der Waals surface area (Å²) in [5.74, 6) is 0. The first-order valence-corrected chi connectivity index (χ1v) is 7.60. The monoisotopic (exact) mass is 295 g/mol. The molecule has 2 N–H and O–H groups in total. The van der Waals surface area contributed by atoms with Crippen LogP contribution in [0.5, 0.6) is 0 Å². The second-order valence-corrected chi connectivity index (χ2v) is 5.62. The van der Waals surface area contributed by atoms with Crippen molar-refractivity contribution in [1.29, 1.82) is 0 Å². The molecule has 22 heavy (non-hydrogen) atoms. The van der Waals surface area contributed by atoms with Gasteiger partial charge < -0.3 is 10.4 Å². The van der Waals surface area contributed by atoms with Crippen LogP contribution in [0.25, 0.3) is 10.8 Å². The Balaban J connectivity index is 1.59. The van der Waals surface area contributed by atoms with Crippen LogP contribution in [-0.4, -0.2) is 27.5 Å². The Labute approximate surface area is 130 Å². The lowest BCUT2D eigenvalue weighted by Crippen LogP contribution is -2.32. The number of hydrogen-bond acceptors (Lipinski definition) is 3. The standard InChI is InChI=1S/C18H21N3O/c1-14(19-12-18(22)13-21-10-4-9-20-21)16-8-7-15-5-2-3-6-17(15)11-16/h2-11,14,18-19,22H,12-13H2,1H3. The zero-order chi connectivity index (χ0) is 15.4. The van der Waals surface area contributed by atoms with Gasteiger partial charge in [-0.25, -0.2) is 0 Å². The minimum absolute atomic E-state index is 0.192. The molecule has 1 heterocycles. The highest BCUT2D eigenvalue weighted by atomic mass is 16.3. The number of aliphatic hydroxyl groups is 1. The summed E-state index contributed by atoms with van der Waals surface area (Å²) in [4.78, 5) is 0. The fourth-order valence-corrected chi connectivity index (χ4v) is 2.60. The number of nitrogens with one attached hydrogen (secondary N) is 1. The summed E-state index contributed by atoms with van der Waals surface area (Å²) in [6.45, 7) is 3.16. The molecule has 2 aromatic carbocycles. The lowest BCUT2D eigenvalue weighted by molar-refractivity contribution is 0.143. The van der Waals surface area contributed by atoms with Crippen LogP contribution >= 0.6 is 0 Å². The van der Waals surface area contributed by atoms with E-state index >= 15 is 0 Å². The molecule has 3 aromatic rings. The van der Waals surface area contributed by atoms with Crippen molar-refractivity contribution < 1.29 is 5.11 Å². The Morgan fingerprint density at radius 1 is 1.14 bits per heavy atom. The van der Waals surface area contributed by atoms with Gasteiger partial charge in [0.15, 0.2) is 0 Å². The number of aliphatic hydroxyl groups excluding tert-OH is 1. The maximum atomic E-state index is 10.1. The third kappa shape index (κ3) is 3.53. The van der Waals surface area contributed by atoms with Crippen molar-refractivity contribution in [3.63, 3.8) is 0 Å². The van der Waals surface area contributed by atoms with Crippen LogP contribution in [-0.2, 0) is 6.54 Å². The van der Waals surface area contributed by atoms with Gasteiger partial charge in [-0.05, 0) is 35.4 Å². The van der Waals surface area contributed by atoms with E-state index in [-0.39, 0.29) is 6.04 Å². The molecule has 4 heteroatoms. The minimum atomic E-state index is -0.456. The first-order chi connectivity index (χ1) is 10.7. The zero-order valence-corrected chi connectivity index (χ0v) is 12.7. The van der Waals surface area contributed by atoms with E-state index in [1.807, 2.05) is 12.3 Å². The molecule has 0 aliphatic heterocycles. The molecule has 2 unspecified atom stereocenters. The Kier molecular flexibility index (Phi) is 4.51. The highest BCUT2D eigenvalue weighted by molar-refractivity contribution is 5.83. The van der Waals surface area contributed by atoms with Crippen molar-refractivity contribution >= 4 is 10.8 Å². The third-order valence-corrected chi connectivity index (χ3v) is 3.89. The maximum Gasteiger partial charge on any atom is 0.0860 e. The van der Waals surface area contributed by atoms with Gasteiger partial charge in [-0.1, -0.05) is 36.4 Å². The van der Waals surface area contributed by atoms with Gasteiger partial charge in [0.2, 0.25) is 0 Å². The Morgan fingerprint density at radius 3 is 2.73 bits per heavy atom. The van der Waals surface area contributed by atoms with Gasteiger partial charge in [0.1, 0.15) is 0 Å². The van der Waals surface area contributed by atoms with Crippen LogP contribution in [0.1, 0.15) is 18.5 Å². The Bertz CT molecular complexity index is 724. The molecule has 2 atom stereocenters. The maximum absolute atomic E-state index is 10.1. The first kappa shape index (κ1) is 14.8. The summed E-state index contributed by atoms with van der Waals surface area (Å²) in [6.07, 6.45) is 3.12. The summed E-state index contributed by atoms with van der Waals surface area (Å²) < 4.78 is 1.74. The molecular weight excluding hydrogens is 274 g/mol. The Morgan fingerprint density at radius 2 is 1.95 bits per heavy atom. The Hall–Kier alpha value is -2.17. The number of fused-ring (bicyclic) bond motifs is 1. The predicted octanol–water partition coefficient (Wildman–Crippen LogP) is 2.75. The van der Waals surface area contributed by atoms with Crippen molar-refractivity contribution in [2.24, 2.45) is 0 Å². The lowest BCUT2D eigenvalue weighted by atomic mass is 10.0. The van der Waals surface area contributed by atoms with Crippen LogP contribution in [0, 0.1) is 0 Å². The molecule has 0 bridgehead atoms. The molecule has 3 rings (SSSR count). The molecule has 0 spiro atoms. The summed E-state index contributed by atoms with van der Waals surface area (Å²) >= 11 is 0.